The number of carbonyl (C=O) groups is 3. The first-order chi connectivity index (χ1) is 7.83. The van der Waals surface area contributed by atoms with E-state index >= 15 is 0 Å². The number of rotatable bonds is 4. The number of nitrogens with one attached hydrogen (secondary N) is 1. The summed E-state index contributed by atoms with van der Waals surface area (Å²) in [6, 6.07) is -0.893. The van der Waals surface area contributed by atoms with Crippen LogP contribution in [0.15, 0.2) is 0 Å². The average Bonchev–Trinajstić information content (AvgIpc) is 2.58. The summed E-state index contributed by atoms with van der Waals surface area (Å²) < 4.78 is 0. The van der Waals surface area contributed by atoms with Crippen LogP contribution in [0.1, 0.15) is 12.8 Å². The van der Waals surface area contributed by atoms with Crippen LogP contribution in [-0.2, 0) is 9.59 Å². The first-order valence-electron chi connectivity index (χ1n) is 5.17. The summed E-state index contributed by atoms with van der Waals surface area (Å²) in [6.45, 7) is 1.07. The average molecular weight is 244 g/mol. The lowest BCUT2D eigenvalue weighted by Crippen LogP contribution is -2.50. The zero-order valence-corrected chi connectivity index (χ0v) is 9.31. The molecule has 1 atom stereocenters. The van der Waals surface area contributed by atoms with E-state index in [0.29, 0.717) is 19.5 Å². The third kappa shape index (κ3) is 3.68. The van der Waals surface area contributed by atoms with Crippen molar-refractivity contribution >= 4 is 17.9 Å². The molecule has 8 nitrogen and oxygen atoms in total. The summed E-state index contributed by atoms with van der Waals surface area (Å²) in [6.07, 6.45) is 0.429. The monoisotopic (exact) mass is 244 g/mol. The molecule has 1 aliphatic rings. The molecule has 1 heterocycles. The van der Waals surface area contributed by atoms with E-state index in [9.17, 15) is 14.4 Å². The number of carboxylic acids is 1. The topological polar surface area (TPSA) is 139 Å². The van der Waals surface area contributed by atoms with Gasteiger partial charge in [0.15, 0.2) is 0 Å². The maximum Gasteiger partial charge on any atom is 0.325 e. The first kappa shape index (κ1) is 13.4. The van der Waals surface area contributed by atoms with Gasteiger partial charge >= 0.3 is 12.0 Å². The van der Waals surface area contributed by atoms with Crippen molar-refractivity contribution in [2.24, 2.45) is 11.5 Å². The molecule has 0 aromatic heterocycles. The minimum absolute atomic E-state index is 0.0820. The van der Waals surface area contributed by atoms with E-state index in [-0.39, 0.29) is 13.0 Å². The maximum atomic E-state index is 11.1. The van der Waals surface area contributed by atoms with Gasteiger partial charge in [0.2, 0.25) is 5.91 Å². The van der Waals surface area contributed by atoms with E-state index in [1.807, 2.05) is 5.32 Å². The Bertz CT molecular complexity index is 346. The van der Waals surface area contributed by atoms with Gasteiger partial charge in [-0.15, -0.1) is 0 Å². The van der Waals surface area contributed by atoms with Gasteiger partial charge in [-0.1, -0.05) is 0 Å². The standard InChI is InChI=1S/C9H16N4O4/c10-8(17)12-6(14)1-3-13-4-2-9(11,5-13)7(15)16/h1-5,11H2,(H,15,16)(H3,10,12,14,17). The lowest BCUT2D eigenvalue weighted by atomic mass is 10.0. The van der Waals surface area contributed by atoms with Crippen molar-refractivity contribution in [1.82, 2.24) is 10.2 Å². The number of imide groups is 1. The Morgan fingerprint density at radius 2 is 2.06 bits per heavy atom. The molecule has 1 fully saturated rings. The highest BCUT2D eigenvalue weighted by Crippen LogP contribution is 2.18. The summed E-state index contributed by atoms with van der Waals surface area (Å²) in [5.41, 5.74) is 9.21. The number of primary amides is 1. The van der Waals surface area contributed by atoms with Gasteiger partial charge in [-0.3, -0.25) is 14.9 Å². The molecule has 1 rings (SSSR count). The molecule has 3 amide bonds. The molecule has 1 unspecified atom stereocenters. The second kappa shape index (κ2) is 5.11. The second-order valence-corrected chi connectivity index (χ2v) is 4.15. The zero-order chi connectivity index (χ0) is 13.1. The van der Waals surface area contributed by atoms with Crippen molar-refractivity contribution < 1.29 is 19.5 Å². The number of hydrogen-bond acceptors (Lipinski definition) is 5. The molecular weight excluding hydrogens is 228 g/mol. The minimum atomic E-state index is -1.24. The van der Waals surface area contributed by atoms with E-state index in [0.717, 1.165) is 0 Å². The summed E-state index contributed by atoms with van der Waals surface area (Å²) >= 11 is 0. The number of aliphatic carboxylic acids is 1. The summed E-state index contributed by atoms with van der Waals surface area (Å²) in [7, 11) is 0. The normalized spacial score (nSPS) is 24.5. The van der Waals surface area contributed by atoms with Gasteiger partial charge in [0.05, 0.1) is 0 Å². The van der Waals surface area contributed by atoms with Crippen molar-refractivity contribution in [3.63, 3.8) is 0 Å². The van der Waals surface area contributed by atoms with Crippen molar-refractivity contribution in [2.75, 3.05) is 19.6 Å². The third-order valence-corrected chi connectivity index (χ3v) is 2.72. The lowest BCUT2D eigenvalue weighted by molar-refractivity contribution is -0.142. The highest BCUT2D eigenvalue weighted by molar-refractivity contribution is 5.93. The molecule has 8 heteroatoms. The van der Waals surface area contributed by atoms with Crippen molar-refractivity contribution in [3.05, 3.63) is 0 Å². The maximum absolute atomic E-state index is 11.1. The number of amides is 3. The van der Waals surface area contributed by atoms with Crippen LogP contribution in [-0.4, -0.2) is 53.1 Å². The molecule has 0 radical (unpaired) electrons. The van der Waals surface area contributed by atoms with Gasteiger partial charge in [0.1, 0.15) is 5.54 Å². The zero-order valence-electron chi connectivity index (χ0n) is 9.31. The Morgan fingerprint density at radius 3 is 2.53 bits per heavy atom. The summed E-state index contributed by atoms with van der Waals surface area (Å²) in [4.78, 5) is 34.1. The number of hydrogen-bond donors (Lipinski definition) is 4. The molecule has 0 spiro atoms. The van der Waals surface area contributed by atoms with Gasteiger partial charge in [-0.05, 0) is 6.42 Å². The summed E-state index contributed by atoms with van der Waals surface area (Å²) in [5.74, 6) is -1.52. The Kier molecular flexibility index (Phi) is 4.02. The molecular formula is C9H16N4O4. The van der Waals surface area contributed by atoms with Gasteiger partial charge in [0, 0.05) is 26.1 Å². The molecule has 0 aromatic carbocycles. The smallest absolute Gasteiger partial charge is 0.325 e. The fraction of sp³-hybridized carbons (Fsp3) is 0.667. The van der Waals surface area contributed by atoms with Crippen LogP contribution in [0.3, 0.4) is 0 Å². The molecule has 0 aromatic rings. The number of urea groups is 1. The molecule has 1 aliphatic heterocycles. The SMILES string of the molecule is NC(=O)NC(=O)CCN1CCC(N)(C(=O)O)C1. The molecule has 1 saturated heterocycles. The van der Waals surface area contributed by atoms with E-state index in [1.54, 1.807) is 4.90 Å². The predicted molar refractivity (Wildman–Crippen MR) is 58.0 cm³/mol. The van der Waals surface area contributed by atoms with E-state index in [1.165, 1.54) is 0 Å². The number of likely N-dealkylation sites (tertiary alicyclic amines) is 1. The Balaban J connectivity index is 2.34. The lowest BCUT2D eigenvalue weighted by Gasteiger charge is -2.19. The fourth-order valence-corrected chi connectivity index (χ4v) is 1.74. The van der Waals surface area contributed by atoms with Crippen LogP contribution in [0.5, 0.6) is 0 Å². The molecule has 17 heavy (non-hydrogen) atoms. The Labute approximate surface area is 97.9 Å². The van der Waals surface area contributed by atoms with Crippen LogP contribution in [0.2, 0.25) is 0 Å². The van der Waals surface area contributed by atoms with Crippen LogP contribution in [0.4, 0.5) is 4.79 Å². The van der Waals surface area contributed by atoms with Gasteiger partial charge in [0.25, 0.3) is 0 Å². The largest absolute Gasteiger partial charge is 0.480 e. The number of carboxylic acid groups (broad SMARTS) is 1. The van der Waals surface area contributed by atoms with Gasteiger partial charge < -0.3 is 21.5 Å². The summed E-state index contributed by atoms with van der Waals surface area (Å²) in [5, 5.41) is 10.8. The fourth-order valence-electron chi connectivity index (χ4n) is 1.74. The molecule has 6 N–H and O–H groups in total. The van der Waals surface area contributed by atoms with E-state index in [2.05, 4.69) is 0 Å². The highest BCUT2D eigenvalue weighted by atomic mass is 16.4. The first-order valence-corrected chi connectivity index (χ1v) is 5.17. The van der Waals surface area contributed by atoms with Crippen LogP contribution in [0.25, 0.3) is 0 Å². The second-order valence-electron chi connectivity index (χ2n) is 4.15. The molecule has 0 saturated carbocycles. The minimum Gasteiger partial charge on any atom is -0.480 e. The van der Waals surface area contributed by atoms with Crippen molar-refractivity contribution in [2.45, 2.75) is 18.4 Å². The Morgan fingerprint density at radius 1 is 1.41 bits per heavy atom. The van der Waals surface area contributed by atoms with Crippen molar-refractivity contribution in [3.8, 4) is 0 Å². The third-order valence-electron chi connectivity index (χ3n) is 2.72. The quantitative estimate of drug-likeness (QED) is 0.453. The van der Waals surface area contributed by atoms with Crippen LogP contribution in [0, 0.1) is 0 Å². The molecule has 96 valence electrons. The van der Waals surface area contributed by atoms with E-state index in [4.69, 9.17) is 16.6 Å². The Hall–Kier alpha value is -1.67. The van der Waals surface area contributed by atoms with Gasteiger partial charge in [-0.25, -0.2) is 4.79 Å². The van der Waals surface area contributed by atoms with Crippen LogP contribution < -0.4 is 16.8 Å². The predicted octanol–water partition coefficient (Wildman–Crippen LogP) is -1.94. The van der Waals surface area contributed by atoms with E-state index < -0.39 is 23.4 Å². The molecule has 0 bridgehead atoms. The highest BCUT2D eigenvalue weighted by Gasteiger charge is 2.40. The van der Waals surface area contributed by atoms with Crippen molar-refractivity contribution in [1.29, 1.82) is 0 Å². The van der Waals surface area contributed by atoms with Gasteiger partial charge in [-0.2, -0.15) is 0 Å². The number of carbonyl (C=O) groups excluding carboxylic acids is 2. The van der Waals surface area contributed by atoms with Crippen LogP contribution >= 0.6 is 0 Å². The number of nitrogens with zero attached hydrogens (tertiary/aromatic N) is 1. The molecule has 0 aliphatic carbocycles. The number of nitrogens with two attached hydrogens (primary N) is 2.